The molecule has 4 heteroatoms. The molecule has 1 heterocycles. The van der Waals surface area contributed by atoms with Crippen LogP contribution in [0.25, 0.3) is 0 Å². The number of rotatable bonds is 4. The summed E-state index contributed by atoms with van der Waals surface area (Å²) in [4.78, 5) is 12.5. The topological polar surface area (TPSA) is 47.6 Å². The third-order valence-corrected chi connectivity index (χ3v) is 4.87. The van der Waals surface area contributed by atoms with Gasteiger partial charge in [-0.15, -0.1) is 0 Å². The zero-order valence-corrected chi connectivity index (χ0v) is 16.2. The van der Waals surface area contributed by atoms with E-state index in [0.717, 1.165) is 40.2 Å². The van der Waals surface area contributed by atoms with Gasteiger partial charge >= 0.3 is 0 Å². The van der Waals surface area contributed by atoms with Crippen molar-refractivity contribution in [2.45, 2.75) is 52.7 Å². The summed E-state index contributed by atoms with van der Waals surface area (Å²) < 4.78 is 11.8. The van der Waals surface area contributed by atoms with Crippen LogP contribution in [0.15, 0.2) is 36.4 Å². The number of carbonyl (C=O) groups excluding carboxylic acids is 1. The Labute approximate surface area is 155 Å². The van der Waals surface area contributed by atoms with Crippen LogP contribution in [0.5, 0.6) is 11.5 Å². The molecular weight excluding hydrogens is 326 g/mol. The van der Waals surface area contributed by atoms with Crippen LogP contribution < -0.4 is 14.8 Å². The first-order chi connectivity index (χ1) is 12.2. The van der Waals surface area contributed by atoms with Crippen molar-refractivity contribution in [3.8, 4) is 11.5 Å². The fraction of sp³-hybridized carbons (Fsp3) is 0.409. The number of benzene rings is 2. The van der Waals surface area contributed by atoms with E-state index in [2.05, 4.69) is 11.4 Å². The minimum atomic E-state index is -0.325. The van der Waals surface area contributed by atoms with Gasteiger partial charge in [0.05, 0.1) is 6.04 Å². The monoisotopic (exact) mass is 353 g/mol. The molecular formula is C22H27NO3. The fourth-order valence-corrected chi connectivity index (χ4v) is 3.36. The highest BCUT2D eigenvalue weighted by Crippen LogP contribution is 2.39. The van der Waals surface area contributed by atoms with Crippen LogP contribution in [0, 0.1) is 20.8 Å². The molecule has 1 N–H and O–H groups in total. The Bertz CT molecular complexity index is 826. The number of carbonyl (C=O) groups is 1. The van der Waals surface area contributed by atoms with Gasteiger partial charge in [0, 0.05) is 12.0 Å². The summed E-state index contributed by atoms with van der Waals surface area (Å²) in [6, 6.07) is 11.9. The number of hydrogen-bond donors (Lipinski definition) is 1. The van der Waals surface area contributed by atoms with Crippen molar-refractivity contribution in [3.05, 3.63) is 58.7 Å². The van der Waals surface area contributed by atoms with Gasteiger partial charge < -0.3 is 14.8 Å². The Morgan fingerprint density at radius 2 is 2.00 bits per heavy atom. The van der Waals surface area contributed by atoms with E-state index < -0.39 is 0 Å². The quantitative estimate of drug-likeness (QED) is 0.886. The second-order valence-corrected chi connectivity index (χ2v) is 7.71. The van der Waals surface area contributed by atoms with Gasteiger partial charge in [-0.25, -0.2) is 0 Å². The third-order valence-electron chi connectivity index (χ3n) is 4.87. The van der Waals surface area contributed by atoms with Gasteiger partial charge in [0.25, 0.3) is 5.91 Å². The highest BCUT2D eigenvalue weighted by Gasteiger charge is 2.34. The number of fused-ring (bicyclic) bond motifs is 1. The van der Waals surface area contributed by atoms with Crippen molar-refractivity contribution in [3.63, 3.8) is 0 Å². The molecule has 0 aromatic heterocycles. The van der Waals surface area contributed by atoms with Gasteiger partial charge in [-0.3, -0.25) is 4.79 Å². The fourth-order valence-electron chi connectivity index (χ4n) is 3.36. The van der Waals surface area contributed by atoms with Crippen molar-refractivity contribution < 1.29 is 14.3 Å². The number of ether oxygens (including phenoxy) is 2. The summed E-state index contributed by atoms with van der Waals surface area (Å²) in [7, 11) is 0. The largest absolute Gasteiger partial charge is 0.487 e. The second-order valence-electron chi connectivity index (χ2n) is 7.71. The summed E-state index contributed by atoms with van der Waals surface area (Å²) in [5.74, 6) is 1.47. The highest BCUT2D eigenvalue weighted by atomic mass is 16.5. The summed E-state index contributed by atoms with van der Waals surface area (Å²) in [6.07, 6.45) is 0.721. The van der Waals surface area contributed by atoms with Gasteiger partial charge in [-0.05, 0) is 57.9 Å². The zero-order chi connectivity index (χ0) is 18.9. The molecule has 138 valence electrons. The number of hydrogen-bond acceptors (Lipinski definition) is 3. The number of nitrogens with one attached hydrogen (secondary N) is 1. The van der Waals surface area contributed by atoms with Gasteiger partial charge in [0.2, 0.25) is 0 Å². The molecule has 0 saturated heterocycles. The molecule has 1 aliphatic rings. The lowest BCUT2D eigenvalue weighted by Crippen LogP contribution is -2.42. The standard InChI is InChI=1S/C22H27NO3/c1-14-9-10-20-17(11-14)18(12-22(4,5)26-20)23-21(24)13-25-19-8-6-7-15(2)16(19)3/h6-11,18H,12-13H2,1-5H3,(H,23,24)/t18-/m0/s1. The molecule has 4 nitrogen and oxygen atoms in total. The summed E-state index contributed by atoms with van der Waals surface area (Å²) in [5.41, 5.74) is 4.07. The minimum absolute atomic E-state index is 0.00320. The van der Waals surface area contributed by atoms with Crippen LogP contribution in [0.3, 0.4) is 0 Å². The summed E-state index contributed by atoms with van der Waals surface area (Å²) in [6.45, 7) is 10.2. The maximum absolute atomic E-state index is 12.5. The van der Waals surface area contributed by atoms with Crippen LogP contribution in [0.1, 0.15) is 48.6 Å². The molecule has 0 aliphatic carbocycles. The van der Waals surface area contributed by atoms with Crippen molar-refractivity contribution >= 4 is 5.91 Å². The lowest BCUT2D eigenvalue weighted by atomic mass is 9.89. The number of amides is 1. The smallest absolute Gasteiger partial charge is 0.258 e. The van der Waals surface area contributed by atoms with E-state index in [0.29, 0.717) is 0 Å². The molecule has 0 unspecified atom stereocenters. The molecule has 0 saturated carbocycles. The molecule has 26 heavy (non-hydrogen) atoms. The lowest BCUT2D eigenvalue weighted by Gasteiger charge is -2.38. The first kappa shape index (κ1) is 18.3. The van der Waals surface area contributed by atoms with Crippen LogP contribution in [-0.2, 0) is 4.79 Å². The molecule has 0 spiro atoms. The van der Waals surface area contributed by atoms with E-state index in [-0.39, 0.29) is 24.2 Å². The predicted octanol–water partition coefficient (Wildman–Crippen LogP) is 4.41. The van der Waals surface area contributed by atoms with Crippen molar-refractivity contribution in [1.29, 1.82) is 0 Å². The second kappa shape index (κ2) is 7.02. The Balaban J connectivity index is 1.71. The van der Waals surface area contributed by atoms with E-state index in [1.165, 1.54) is 0 Å². The van der Waals surface area contributed by atoms with Crippen molar-refractivity contribution in [2.24, 2.45) is 0 Å². The maximum atomic E-state index is 12.5. The normalized spacial score (nSPS) is 17.8. The molecule has 1 atom stereocenters. The Morgan fingerprint density at radius 1 is 1.23 bits per heavy atom. The van der Waals surface area contributed by atoms with Gasteiger partial charge in [0.1, 0.15) is 17.1 Å². The van der Waals surface area contributed by atoms with Crippen molar-refractivity contribution in [2.75, 3.05) is 6.61 Å². The lowest BCUT2D eigenvalue weighted by molar-refractivity contribution is -0.124. The van der Waals surface area contributed by atoms with E-state index >= 15 is 0 Å². The molecule has 0 bridgehead atoms. The average molecular weight is 353 g/mol. The van der Waals surface area contributed by atoms with Crippen LogP contribution in [-0.4, -0.2) is 18.1 Å². The van der Waals surface area contributed by atoms with Gasteiger partial charge in [0.15, 0.2) is 6.61 Å². The molecule has 1 aliphatic heterocycles. The molecule has 0 fully saturated rings. The van der Waals surface area contributed by atoms with E-state index in [1.54, 1.807) is 0 Å². The van der Waals surface area contributed by atoms with E-state index in [1.807, 2.05) is 65.0 Å². The van der Waals surface area contributed by atoms with E-state index in [4.69, 9.17) is 9.47 Å². The first-order valence-electron chi connectivity index (χ1n) is 9.03. The molecule has 0 radical (unpaired) electrons. The zero-order valence-electron chi connectivity index (χ0n) is 16.2. The highest BCUT2D eigenvalue weighted by molar-refractivity contribution is 5.78. The Kier molecular flexibility index (Phi) is 4.94. The van der Waals surface area contributed by atoms with Crippen molar-refractivity contribution in [1.82, 2.24) is 5.32 Å². The molecule has 3 rings (SSSR count). The minimum Gasteiger partial charge on any atom is -0.487 e. The molecule has 2 aromatic carbocycles. The van der Waals surface area contributed by atoms with Crippen LogP contribution in [0.2, 0.25) is 0 Å². The van der Waals surface area contributed by atoms with Gasteiger partial charge in [-0.1, -0.05) is 29.8 Å². The number of aryl methyl sites for hydroxylation is 2. The third kappa shape index (κ3) is 4.01. The maximum Gasteiger partial charge on any atom is 0.258 e. The first-order valence-corrected chi connectivity index (χ1v) is 9.03. The van der Waals surface area contributed by atoms with E-state index in [9.17, 15) is 4.79 Å². The van der Waals surface area contributed by atoms with Gasteiger partial charge in [-0.2, -0.15) is 0 Å². The predicted molar refractivity (Wildman–Crippen MR) is 103 cm³/mol. The Hall–Kier alpha value is -2.49. The molecule has 1 amide bonds. The summed E-state index contributed by atoms with van der Waals surface area (Å²) >= 11 is 0. The SMILES string of the molecule is Cc1ccc2c(c1)[C@@H](NC(=O)COc1cccc(C)c1C)CC(C)(C)O2. The van der Waals surface area contributed by atoms with Crippen LogP contribution >= 0.6 is 0 Å². The Morgan fingerprint density at radius 3 is 2.77 bits per heavy atom. The average Bonchev–Trinajstić information content (AvgIpc) is 2.56. The summed E-state index contributed by atoms with van der Waals surface area (Å²) in [5, 5.41) is 3.12. The molecule has 2 aromatic rings. The van der Waals surface area contributed by atoms with Crippen LogP contribution in [0.4, 0.5) is 0 Å².